The van der Waals surface area contributed by atoms with Crippen molar-refractivity contribution in [2.45, 2.75) is 71.6 Å². The molecule has 0 fully saturated rings. The van der Waals surface area contributed by atoms with E-state index in [1.54, 1.807) is 4.90 Å². The minimum absolute atomic E-state index is 0.0389. The zero-order valence-corrected chi connectivity index (χ0v) is 26.7. The summed E-state index contributed by atoms with van der Waals surface area (Å²) >= 11 is 0. The molecule has 0 saturated heterocycles. The predicted molar refractivity (Wildman–Crippen MR) is 173 cm³/mol. The molecule has 0 heterocycles. The van der Waals surface area contributed by atoms with Crippen LogP contribution in [-0.2, 0) is 14.8 Å². The molecule has 4 nitrogen and oxygen atoms in total. The Bertz CT molecular complexity index is 1390. The van der Waals surface area contributed by atoms with Gasteiger partial charge in [0.1, 0.15) is 5.60 Å². The van der Waals surface area contributed by atoms with Gasteiger partial charge in [-0.25, -0.2) is 4.79 Å². The molecule has 0 radical (unpaired) electrons. The summed E-state index contributed by atoms with van der Waals surface area (Å²) in [5.41, 5.74) is 0.256. The van der Waals surface area contributed by atoms with Crippen molar-refractivity contribution in [2.24, 2.45) is 0 Å². The Balaban J connectivity index is 1.58. The maximum atomic E-state index is 13.7. The van der Waals surface area contributed by atoms with E-state index in [1.807, 2.05) is 45.0 Å². The highest BCUT2D eigenvalue weighted by Gasteiger charge is 2.50. The van der Waals surface area contributed by atoms with Crippen molar-refractivity contribution in [1.82, 2.24) is 4.90 Å². The number of benzene rings is 4. The lowest BCUT2D eigenvalue weighted by atomic mass is 9.91. The molecule has 0 aliphatic heterocycles. The molecule has 0 unspecified atom stereocenters. The van der Waals surface area contributed by atoms with E-state index in [0.29, 0.717) is 19.6 Å². The smallest absolute Gasteiger partial charge is 0.410 e. The lowest BCUT2D eigenvalue weighted by molar-refractivity contribution is -0.0106. The highest BCUT2D eigenvalue weighted by molar-refractivity contribution is 6.99. The van der Waals surface area contributed by atoms with Gasteiger partial charge < -0.3 is 14.1 Å². The SMILES string of the molecule is CC[C@@](C)(OC(=O)N(CCO[Si](c1ccccc1)(c1ccccc1)C(C)(C)C)C(C)C)c1ccc2ccccc2c1. The van der Waals surface area contributed by atoms with E-state index in [9.17, 15) is 4.79 Å². The molecule has 0 aliphatic rings. The lowest BCUT2D eigenvalue weighted by Crippen LogP contribution is -2.67. The van der Waals surface area contributed by atoms with Crippen molar-refractivity contribution in [3.8, 4) is 0 Å². The first-order valence-corrected chi connectivity index (χ1v) is 16.7. The van der Waals surface area contributed by atoms with Crippen molar-refractivity contribution in [2.75, 3.05) is 13.2 Å². The summed E-state index contributed by atoms with van der Waals surface area (Å²) in [7, 11) is -2.70. The second kappa shape index (κ2) is 12.6. The number of amides is 1. The zero-order valence-electron chi connectivity index (χ0n) is 25.7. The summed E-state index contributed by atoms with van der Waals surface area (Å²) in [4.78, 5) is 15.5. The standard InChI is InChI=1S/C36H45NO3Si/c1-8-36(7,31-24-23-29-17-15-16-18-30(29)27-31)40-34(38)37(28(2)3)25-26-39-41(35(4,5)6,32-19-11-9-12-20-32)33-21-13-10-14-22-33/h9-24,27-28H,8,25-26H2,1-7H3/t36-/m1/s1. The number of carbonyl (C=O) groups excluding carboxylic acids is 1. The number of nitrogens with zero attached hydrogens (tertiary/aromatic N) is 1. The van der Waals surface area contributed by atoms with Gasteiger partial charge in [0.15, 0.2) is 0 Å². The summed E-state index contributed by atoms with van der Waals surface area (Å²) < 4.78 is 13.4. The average Bonchev–Trinajstić information content (AvgIpc) is 2.97. The average molecular weight is 568 g/mol. The number of rotatable bonds is 10. The number of carbonyl (C=O) groups is 1. The Morgan fingerprint density at radius 1 is 0.780 bits per heavy atom. The molecule has 41 heavy (non-hydrogen) atoms. The van der Waals surface area contributed by atoms with Gasteiger partial charge in [0.25, 0.3) is 8.32 Å². The molecule has 1 amide bonds. The molecule has 5 heteroatoms. The Kier molecular flexibility index (Phi) is 9.40. The maximum absolute atomic E-state index is 13.7. The molecule has 0 N–H and O–H groups in total. The first-order valence-electron chi connectivity index (χ1n) is 14.8. The van der Waals surface area contributed by atoms with Gasteiger partial charge in [0.2, 0.25) is 0 Å². The summed E-state index contributed by atoms with van der Waals surface area (Å²) in [6, 6.07) is 35.8. The van der Waals surface area contributed by atoms with Crippen LogP contribution >= 0.6 is 0 Å². The lowest BCUT2D eigenvalue weighted by Gasteiger charge is -2.43. The molecule has 216 valence electrons. The Morgan fingerprint density at radius 3 is 1.83 bits per heavy atom. The van der Waals surface area contributed by atoms with E-state index in [4.69, 9.17) is 9.16 Å². The van der Waals surface area contributed by atoms with E-state index in [1.165, 1.54) is 15.8 Å². The Labute approximate surface area is 247 Å². The molecule has 0 aliphatic carbocycles. The first-order chi connectivity index (χ1) is 19.5. The van der Waals surface area contributed by atoms with Gasteiger partial charge >= 0.3 is 6.09 Å². The van der Waals surface area contributed by atoms with Crippen LogP contribution in [0.4, 0.5) is 4.79 Å². The van der Waals surface area contributed by atoms with Gasteiger partial charge in [-0.1, -0.05) is 125 Å². The molecule has 4 aromatic rings. The van der Waals surface area contributed by atoms with Crippen LogP contribution in [0.3, 0.4) is 0 Å². The summed E-state index contributed by atoms with van der Waals surface area (Å²) in [5, 5.41) is 4.64. The summed E-state index contributed by atoms with van der Waals surface area (Å²) in [5.74, 6) is 0. The van der Waals surface area contributed by atoms with E-state index >= 15 is 0 Å². The van der Waals surface area contributed by atoms with Crippen molar-refractivity contribution in [3.05, 3.63) is 109 Å². The largest absolute Gasteiger partial charge is 0.438 e. The highest BCUT2D eigenvalue weighted by atomic mass is 28.4. The van der Waals surface area contributed by atoms with Crippen LogP contribution in [0.1, 0.15) is 60.5 Å². The van der Waals surface area contributed by atoms with Crippen LogP contribution < -0.4 is 10.4 Å². The van der Waals surface area contributed by atoms with Gasteiger partial charge in [-0.05, 0) is 65.0 Å². The van der Waals surface area contributed by atoms with Gasteiger partial charge in [-0.2, -0.15) is 0 Å². The summed E-state index contributed by atoms with van der Waals surface area (Å²) in [6.07, 6.45) is 0.352. The fourth-order valence-corrected chi connectivity index (χ4v) is 10.3. The van der Waals surface area contributed by atoms with Gasteiger partial charge in [-0.3, -0.25) is 0 Å². The number of hydrogen-bond acceptors (Lipinski definition) is 3. The van der Waals surface area contributed by atoms with E-state index in [0.717, 1.165) is 10.9 Å². The maximum Gasteiger partial charge on any atom is 0.410 e. The highest BCUT2D eigenvalue weighted by Crippen LogP contribution is 2.37. The molecule has 0 bridgehead atoms. The van der Waals surface area contributed by atoms with Gasteiger partial charge in [-0.15, -0.1) is 0 Å². The van der Waals surface area contributed by atoms with E-state index < -0.39 is 13.9 Å². The van der Waals surface area contributed by atoms with Crippen LogP contribution in [0.2, 0.25) is 5.04 Å². The van der Waals surface area contributed by atoms with Crippen LogP contribution in [-0.4, -0.2) is 38.5 Å². The van der Waals surface area contributed by atoms with Crippen LogP contribution in [0, 0.1) is 0 Å². The fourth-order valence-electron chi connectivity index (χ4n) is 5.72. The quantitative estimate of drug-likeness (QED) is 0.183. The Hall–Kier alpha value is -3.41. The molecule has 0 aromatic heterocycles. The second-order valence-corrected chi connectivity index (χ2v) is 16.6. The van der Waals surface area contributed by atoms with E-state index in [2.05, 4.69) is 107 Å². The molecule has 4 rings (SSSR count). The van der Waals surface area contributed by atoms with Crippen molar-refractivity contribution in [1.29, 1.82) is 0 Å². The topological polar surface area (TPSA) is 38.8 Å². The third kappa shape index (κ3) is 6.42. The Morgan fingerprint density at radius 2 is 1.32 bits per heavy atom. The van der Waals surface area contributed by atoms with Gasteiger partial charge in [0.05, 0.1) is 6.61 Å². The molecular formula is C36H45NO3Si. The molecule has 1 atom stereocenters. The van der Waals surface area contributed by atoms with Crippen molar-refractivity contribution < 1.29 is 14.0 Å². The minimum atomic E-state index is -2.70. The first kappa shape index (κ1) is 30.5. The monoisotopic (exact) mass is 567 g/mol. The molecule has 4 aromatic carbocycles. The minimum Gasteiger partial charge on any atom is -0.438 e. The van der Waals surface area contributed by atoms with Crippen LogP contribution in [0.25, 0.3) is 10.8 Å². The van der Waals surface area contributed by atoms with E-state index in [-0.39, 0.29) is 17.2 Å². The molecule has 0 spiro atoms. The molecule has 0 saturated carbocycles. The van der Waals surface area contributed by atoms with Crippen LogP contribution in [0.5, 0.6) is 0 Å². The predicted octanol–water partition coefficient (Wildman–Crippen LogP) is 7.89. The third-order valence-electron chi connectivity index (χ3n) is 8.27. The normalized spacial score (nSPS) is 13.7. The van der Waals surface area contributed by atoms with Gasteiger partial charge in [0, 0.05) is 12.6 Å². The van der Waals surface area contributed by atoms with Crippen molar-refractivity contribution in [3.63, 3.8) is 0 Å². The van der Waals surface area contributed by atoms with Crippen LogP contribution in [0.15, 0.2) is 103 Å². The third-order valence-corrected chi connectivity index (χ3v) is 13.3. The second-order valence-electron chi connectivity index (χ2n) is 12.3. The zero-order chi connectivity index (χ0) is 29.7. The van der Waals surface area contributed by atoms with Crippen molar-refractivity contribution >= 4 is 35.6 Å². The summed E-state index contributed by atoms with van der Waals surface area (Å²) in [6.45, 7) is 15.8. The number of fused-ring (bicyclic) bond motifs is 1. The number of hydrogen-bond donors (Lipinski definition) is 0. The molecular weight excluding hydrogens is 522 g/mol. The number of ether oxygens (including phenoxy) is 1. The fraction of sp³-hybridized carbons (Fsp3) is 0.361.